The predicted octanol–water partition coefficient (Wildman–Crippen LogP) is 7.05. The van der Waals surface area contributed by atoms with Crippen LogP contribution in [0.5, 0.6) is 0 Å². The average Bonchev–Trinajstić information content (AvgIpc) is 4.07. The van der Waals surface area contributed by atoms with Gasteiger partial charge >= 0.3 is 0 Å². The summed E-state index contributed by atoms with van der Waals surface area (Å²) >= 11 is 0. The number of carbonyl (C=O) groups excluding carboxylic acids is 4. The maximum Gasteiger partial charge on any atom is 0.254 e. The van der Waals surface area contributed by atoms with Crippen molar-refractivity contribution in [1.82, 2.24) is 39.5 Å². The first kappa shape index (κ1) is 47.0. The van der Waals surface area contributed by atoms with Crippen LogP contribution in [0.2, 0.25) is 0 Å². The highest BCUT2D eigenvalue weighted by molar-refractivity contribution is 6.15. The molecule has 1 spiro atoms. The van der Waals surface area contributed by atoms with Crippen LogP contribution < -0.4 is 15.5 Å². The van der Waals surface area contributed by atoms with Crippen molar-refractivity contribution in [2.75, 3.05) is 69.6 Å². The number of anilines is 2. The van der Waals surface area contributed by atoms with E-state index in [0.29, 0.717) is 56.6 Å². The Hall–Kier alpha value is -6.36. The Labute approximate surface area is 413 Å². The number of benzene rings is 2. The Bertz CT molecular complexity index is 2960. The van der Waals surface area contributed by atoms with Gasteiger partial charge in [-0.05, 0) is 123 Å². The van der Waals surface area contributed by atoms with Gasteiger partial charge in [-0.25, -0.2) is 18.7 Å². The SMILES string of the molecule is CNc1ccc(-c2ccnc3c2cc([C@H](C)N2CC=C(c4c(F)cc(C(=O)N5CCC(CN6CCN(Cc7ccc8c(c7)C7(CC7)C(=O)N8C7CCC(=O)NC7=O)C[C@@H]6C)CC5)cc4F)CC2)n3C)cn1. The monoisotopic (exact) mass is 964 g/mol. The van der Waals surface area contributed by atoms with Gasteiger partial charge in [-0.2, -0.15) is 0 Å². The second-order valence-corrected chi connectivity index (χ2v) is 20.8. The number of imide groups is 1. The van der Waals surface area contributed by atoms with E-state index in [4.69, 9.17) is 4.98 Å². The summed E-state index contributed by atoms with van der Waals surface area (Å²) < 4.78 is 34.0. The molecule has 0 bridgehead atoms. The summed E-state index contributed by atoms with van der Waals surface area (Å²) in [7, 11) is 3.87. The van der Waals surface area contributed by atoms with E-state index in [2.05, 4.69) is 66.9 Å². The number of pyridine rings is 2. The summed E-state index contributed by atoms with van der Waals surface area (Å²) in [4.78, 5) is 72.0. The number of rotatable bonds is 11. The normalized spacial score (nSPS) is 22.5. The molecule has 71 heavy (non-hydrogen) atoms. The van der Waals surface area contributed by atoms with Gasteiger partial charge < -0.3 is 14.8 Å². The highest BCUT2D eigenvalue weighted by atomic mass is 19.1. The smallest absolute Gasteiger partial charge is 0.254 e. The lowest BCUT2D eigenvalue weighted by molar-refractivity contribution is -0.135. The highest BCUT2D eigenvalue weighted by Crippen LogP contribution is 2.58. The standard InChI is InChI=1S/C55H62F2N10O4/c1-33-30-63(31-36-5-7-45-42(25-36)55(16-17-55)54(71)67(45)46-8-10-49(68)61-52(46)69)23-24-66(33)32-35-12-19-65(20-13-35)53(70)39-26-43(56)50(44(57)27-39)37-14-21-64(22-15-37)34(2)47-28-41-40(11-18-59-51(41)62(47)4)38-6-9-48(58-3)60-29-38/h5-7,9,11,14,18,25-29,33-35,46H,8,10,12-13,15-17,19-24,30-32H2,1-4H3,(H,58,60)(H,61,68,69)/t33-,34-,46?/m0/s1. The Morgan fingerprint density at radius 3 is 2.39 bits per heavy atom. The number of hydrogen-bond acceptors (Lipinski definition) is 10. The number of nitrogens with one attached hydrogen (secondary N) is 2. The topological polar surface area (TPSA) is 139 Å². The Balaban J connectivity index is 0.668. The fourth-order valence-corrected chi connectivity index (χ4v) is 12.2. The van der Waals surface area contributed by atoms with E-state index in [1.165, 1.54) is 12.1 Å². The van der Waals surface area contributed by atoms with Crippen molar-refractivity contribution in [3.63, 3.8) is 0 Å². The molecule has 5 aliphatic heterocycles. The third kappa shape index (κ3) is 8.60. The number of amides is 4. The number of aryl methyl sites for hydroxylation is 1. The van der Waals surface area contributed by atoms with E-state index >= 15 is 8.78 Å². The third-order valence-electron chi connectivity index (χ3n) is 16.5. The molecule has 5 aromatic rings. The van der Waals surface area contributed by atoms with Gasteiger partial charge in [0.2, 0.25) is 17.7 Å². The molecule has 2 aromatic carbocycles. The Morgan fingerprint density at radius 2 is 1.72 bits per heavy atom. The number of likely N-dealkylation sites (tertiary alicyclic amines) is 1. The first-order chi connectivity index (χ1) is 34.3. The first-order valence-corrected chi connectivity index (χ1v) is 25.4. The molecular formula is C55H62F2N10O4. The summed E-state index contributed by atoms with van der Waals surface area (Å²) in [6.45, 7) is 11.1. The van der Waals surface area contributed by atoms with Crippen molar-refractivity contribution in [3.8, 4) is 11.1 Å². The van der Waals surface area contributed by atoms with Gasteiger partial charge in [0.1, 0.15) is 29.1 Å². The number of piperidine rings is 2. The van der Waals surface area contributed by atoms with Crippen LogP contribution in [0.3, 0.4) is 0 Å². The van der Waals surface area contributed by atoms with Crippen LogP contribution >= 0.6 is 0 Å². The van der Waals surface area contributed by atoms with Crippen molar-refractivity contribution < 1.29 is 28.0 Å². The van der Waals surface area contributed by atoms with Crippen LogP contribution in [0.1, 0.15) is 97.6 Å². The molecule has 3 aromatic heterocycles. The summed E-state index contributed by atoms with van der Waals surface area (Å²) in [5.41, 5.74) is 7.06. The zero-order valence-corrected chi connectivity index (χ0v) is 41.0. The van der Waals surface area contributed by atoms with Crippen LogP contribution in [0.25, 0.3) is 27.7 Å². The lowest BCUT2D eigenvalue weighted by Crippen LogP contribution is -2.54. The minimum Gasteiger partial charge on any atom is -0.373 e. The molecule has 3 atom stereocenters. The molecule has 370 valence electrons. The highest BCUT2D eigenvalue weighted by Gasteiger charge is 2.61. The molecule has 14 nitrogen and oxygen atoms in total. The zero-order chi connectivity index (χ0) is 49.3. The van der Waals surface area contributed by atoms with Crippen LogP contribution in [-0.2, 0) is 33.4 Å². The number of fused-ring (bicyclic) bond motifs is 3. The molecule has 2 N–H and O–H groups in total. The molecule has 1 aliphatic carbocycles. The fourth-order valence-electron chi connectivity index (χ4n) is 12.2. The van der Waals surface area contributed by atoms with Crippen molar-refractivity contribution in [2.24, 2.45) is 13.0 Å². The van der Waals surface area contributed by atoms with Gasteiger partial charge in [0, 0.05) is 137 Å². The van der Waals surface area contributed by atoms with Crippen LogP contribution in [-0.4, -0.2) is 129 Å². The molecular weight excluding hydrogens is 903 g/mol. The molecule has 8 heterocycles. The third-order valence-corrected chi connectivity index (χ3v) is 16.5. The quantitative estimate of drug-likeness (QED) is 0.133. The zero-order valence-electron chi connectivity index (χ0n) is 41.0. The number of halogens is 2. The number of carbonyl (C=O) groups is 4. The molecule has 0 radical (unpaired) electrons. The molecule has 4 amide bonds. The average molecular weight is 965 g/mol. The van der Waals surface area contributed by atoms with Gasteiger partial charge in [-0.1, -0.05) is 18.2 Å². The molecule has 3 saturated heterocycles. The summed E-state index contributed by atoms with van der Waals surface area (Å²) in [6, 6.07) is 16.6. The van der Waals surface area contributed by atoms with Gasteiger partial charge in [0.15, 0.2) is 0 Å². The Morgan fingerprint density at radius 1 is 0.930 bits per heavy atom. The van der Waals surface area contributed by atoms with E-state index in [1.807, 2.05) is 56.8 Å². The van der Waals surface area contributed by atoms with Gasteiger partial charge in [-0.15, -0.1) is 0 Å². The fraction of sp³-hybridized carbons (Fsp3) is 0.455. The van der Waals surface area contributed by atoms with Crippen molar-refractivity contribution in [3.05, 3.63) is 113 Å². The lowest BCUT2D eigenvalue weighted by Gasteiger charge is -2.42. The molecule has 1 unspecified atom stereocenters. The maximum atomic E-state index is 15.9. The van der Waals surface area contributed by atoms with E-state index < -0.39 is 29.0 Å². The molecule has 11 rings (SSSR count). The van der Waals surface area contributed by atoms with Gasteiger partial charge in [-0.3, -0.25) is 44.1 Å². The molecule has 1 saturated carbocycles. The molecule has 4 fully saturated rings. The van der Waals surface area contributed by atoms with Crippen LogP contribution in [0.4, 0.5) is 20.3 Å². The first-order valence-electron chi connectivity index (χ1n) is 25.4. The number of piperazine rings is 1. The van der Waals surface area contributed by atoms with E-state index in [-0.39, 0.29) is 41.3 Å². The summed E-state index contributed by atoms with van der Waals surface area (Å²) in [6.07, 6.45) is 9.84. The minimum absolute atomic E-state index is 0.0134. The van der Waals surface area contributed by atoms with Crippen molar-refractivity contribution >= 4 is 51.7 Å². The number of nitrogens with zero attached hydrogens (tertiary/aromatic N) is 8. The number of aromatic nitrogens is 3. The van der Waals surface area contributed by atoms with Gasteiger partial charge in [0.25, 0.3) is 5.91 Å². The van der Waals surface area contributed by atoms with Crippen LogP contribution in [0, 0.1) is 17.6 Å². The largest absolute Gasteiger partial charge is 0.373 e. The van der Waals surface area contributed by atoms with Crippen molar-refractivity contribution in [1.29, 1.82) is 0 Å². The second kappa shape index (κ2) is 18.7. The van der Waals surface area contributed by atoms with E-state index in [1.54, 1.807) is 9.80 Å². The lowest BCUT2D eigenvalue weighted by atomic mass is 9.93. The second-order valence-electron chi connectivity index (χ2n) is 20.8. The van der Waals surface area contributed by atoms with Gasteiger partial charge in [0.05, 0.1) is 5.41 Å². The molecule has 16 heteroatoms. The number of hydrogen-bond donors (Lipinski definition) is 2. The van der Waals surface area contributed by atoms with E-state index in [9.17, 15) is 19.2 Å². The van der Waals surface area contributed by atoms with Crippen LogP contribution in [0.15, 0.2) is 73.1 Å². The van der Waals surface area contributed by atoms with Crippen molar-refractivity contribution in [2.45, 2.75) is 88.9 Å². The maximum absolute atomic E-state index is 15.9. The predicted molar refractivity (Wildman–Crippen MR) is 268 cm³/mol. The van der Waals surface area contributed by atoms with E-state index in [0.717, 1.165) is 109 Å². The Kier molecular flexibility index (Phi) is 12.4. The molecule has 6 aliphatic rings. The summed E-state index contributed by atoms with van der Waals surface area (Å²) in [5, 5.41) is 6.52. The summed E-state index contributed by atoms with van der Waals surface area (Å²) in [5.74, 6) is -1.24. The minimum atomic E-state index is -0.705.